The number of esters is 1. The molecule has 5 aromatic rings. The Morgan fingerprint density at radius 2 is 1.70 bits per heavy atom. The molecule has 0 bridgehead atoms. The summed E-state index contributed by atoms with van der Waals surface area (Å²) in [7, 11) is 1.45. The van der Waals surface area contributed by atoms with Gasteiger partial charge in [-0.2, -0.15) is 5.10 Å². The Labute approximate surface area is 247 Å². The summed E-state index contributed by atoms with van der Waals surface area (Å²) in [6, 6.07) is 24.6. The molecule has 10 heteroatoms. The van der Waals surface area contributed by atoms with Gasteiger partial charge in [0.25, 0.3) is 5.91 Å². The van der Waals surface area contributed by atoms with Crippen molar-refractivity contribution in [1.82, 2.24) is 10.4 Å². The van der Waals surface area contributed by atoms with Gasteiger partial charge >= 0.3 is 5.97 Å². The third-order valence-electron chi connectivity index (χ3n) is 5.99. The lowest BCUT2D eigenvalue weighted by Gasteiger charge is -2.10. The molecule has 0 aliphatic rings. The molecular formula is C30H20BrCl2N3O4. The largest absolute Gasteiger partial charge is 0.496 e. The van der Waals surface area contributed by atoms with Crippen LogP contribution in [0.1, 0.15) is 26.4 Å². The quantitative estimate of drug-likeness (QED) is 0.0822. The van der Waals surface area contributed by atoms with E-state index in [0.717, 1.165) is 15.4 Å². The number of hydrazone groups is 1. The van der Waals surface area contributed by atoms with Crippen LogP contribution in [0, 0.1) is 0 Å². The number of methoxy groups -OCH3 is 1. The number of para-hydroxylation sites is 1. The number of halogens is 3. The number of aromatic amines is 1. The summed E-state index contributed by atoms with van der Waals surface area (Å²) >= 11 is 16.0. The summed E-state index contributed by atoms with van der Waals surface area (Å²) in [6.07, 6.45) is 1.39. The number of benzene rings is 4. The number of ether oxygens (including phenoxy) is 2. The number of aromatic nitrogens is 1. The van der Waals surface area contributed by atoms with Gasteiger partial charge in [-0.15, -0.1) is 0 Å². The Morgan fingerprint density at radius 1 is 0.950 bits per heavy atom. The molecule has 0 aliphatic carbocycles. The minimum Gasteiger partial charge on any atom is -0.496 e. The molecule has 2 N–H and O–H groups in total. The van der Waals surface area contributed by atoms with Crippen LogP contribution in [0.2, 0.25) is 10.0 Å². The first-order chi connectivity index (χ1) is 19.4. The molecule has 1 heterocycles. The number of carbonyl (C=O) groups is 2. The molecule has 0 saturated heterocycles. The molecule has 0 radical (unpaired) electrons. The predicted molar refractivity (Wildman–Crippen MR) is 161 cm³/mol. The highest BCUT2D eigenvalue weighted by Gasteiger charge is 2.21. The van der Waals surface area contributed by atoms with E-state index in [9.17, 15) is 9.59 Å². The molecule has 40 heavy (non-hydrogen) atoms. The topological polar surface area (TPSA) is 92.8 Å². The highest BCUT2D eigenvalue weighted by atomic mass is 79.9. The van der Waals surface area contributed by atoms with Gasteiger partial charge in [-0.3, -0.25) is 4.79 Å². The first-order valence-electron chi connectivity index (χ1n) is 11.9. The zero-order valence-electron chi connectivity index (χ0n) is 20.9. The van der Waals surface area contributed by atoms with E-state index in [0.29, 0.717) is 38.1 Å². The third-order valence-corrected chi connectivity index (χ3v) is 6.98. The van der Waals surface area contributed by atoms with Crippen molar-refractivity contribution in [2.75, 3.05) is 7.11 Å². The number of carbonyl (C=O) groups excluding carboxylic acids is 2. The second kappa shape index (κ2) is 12.0. The smallest absolute Gasteiger partial charge is 0.347 e. The van der Waals surface area contributed by atoms with E-state index < -0.39 is 11.9 Å². The van der Waals surface area contributed by atoms with Gasteiger partial charge in [0, 0.05) is 26.0 Å². The number of rotatable bonds is 7. The molecule has 0 spiro atoms. The molecule has 7 nitrogen and oxygen atoms in total. The molecule has 0 saturated carbocycles. The second-order valence-electron chi connectivity index (χ2n) is 8.52. The van der Waals surface area contributed by atoms with Crippen molar-refractivity contribution in [1.29, 1.82) is 0 Å². The van der Waals surface area contributed by atoms with Gasteiger partial charge in [0.15, 0.2) is 0 Å². The molecule has 4 aromatic carbocycles. The van der Waals surface area contributed by atoms with Gasteiger partial charge < -0.3 is 14.5 Å². The lowest BCUT2D eigenvalue weighted by Crippen LogP contribution is -2.19. The highest BCUT2D eigenvalue weighted by Crippen LogP contribution is 2.37. The summed E-state index contributed by atoms with van der Waals surface area (Å²) < 4.78 is 11.6. The lowest BCUT2D eigenvalue weighted by atomic mass is 10.0. The SMILES string of the molecule is COc1ccc(Cl)cc1C(=O)Oc1ccccc1C=NNC(=O)c1[nH]c2c(Cl)cc(Br)cc2c1-c1ccccc1. The van der Waals surface area contributed by atoms with Gasteiger partial charge in [0.05, 0.1) is 23.9 Å². The summed E-state index contributed by atoms with van der Waals surface area (Å²) in [4.78, 5) is 29.4. The summed E-state index contributed by atoms with van der Waals surface area (Å²) in [6.45, 7) is 0. The van der Waals surface area contributed by atoms with Gasteiger partial charge in [0.2, 0.25) is 0 Å². The maximum absolute atomic E-state index is 13.3. The van der Waals surface area contributed by atoms with Crippen LogP contribution in [0.3, 0.4) is 0 Å². The number of amides is 1. The van der Waals surface area contributed by atoms with Crippen LogP contribution >= 0.6 is 39.1 Å². The van der Waals surface area contributed by atoms with Crippen LogP contribution in [0.5, 0.6) is 11.5 Å². The number of nitrogens with one attached hydrogen (secondary N) is 2. The fraction of sp³-hybridized carbons (Fsp3) is 0.0333. The summed E-state index contributed by atoms with van der Waals surface area (Å²) in [5.74, 6) is -0.568. The van der Waals surface area contributed by atoms with E-state index in [2.05, 4.69) is 31.4 Å². The van der Waals surface area contributed by atoms with Crippen molar-refractivity contribution in [3.63, 3.8) is 0 Å². The van der Waals surface area contributed by atoms with Gasteiger partial charge in [-0.05, 0) is 48.0 Å². The van der Waals surface area contributed by atoms with E-state index >= 15 is 0 Å². The van der Waals surface area contributed by atoms with E-state index in [1.54, 1.807) is 42.5 Å². The Balaban J connectivity index is 1.41. The Morgan fingerprint density at radius 3 is 2.48 bits per heavy atom. The van der Waals surface area contributed by atoms with Crippen LogP contribution < -0.4 is 14.9 Å². The number of fused-ring (bicyclic) bond motifs is 1. The summed E-state index contributed by atoms with van der Waals surface area (Å²) in [5.41, 5.74) is 5.65. The van der Waals surface area contributed by atoms with Gasteiger partial charge in [-0.25, -0.2) is 10.2 Å². The van der Waals surface area contributed by atoms with E-state index in [-0.39, 0.29) is 11.3 Å². The van der Waals surface area contributed by atoms with Crippen molar-refractivity contribution >= 4 is 68.1 Å². The molecule has 5 rings (SSSR count). The van der Waals surface area contributed by atoms with Crippen LogP contribution in [0.4, 0.5) is 0 Å². The highest BCUT2D eigenvalue weighted by molar-refractivity contribution is 9.10. The second-order valence-corrected chi connectivity index (χ2v) is 10.3. The van der Waals surface area contributed by atoms with Crippen molar-refractivity contribution < 1.29 is 19.1 Å². The fourth-order valence-electron chi connectivity index (χ4n) is 4.19. The Bertz CT molecular complexity index is 1770. The first-order valence-corrected chi connectivity index (χ1v) is 13.4. The summed E-state index contributed by atoms with van der Waals surface area (Å²) in [5, 5.41) is 5.75. The Kier molecular flexibility index (Phi) is 8.21. The molecule has 0 aliphatic heterocycles. The standard InChI is InChI=1S/C30H20BrCl2N3O4/c1-39-25-12-11-20(32)15-21(25)30(38)40-24-10-6-5-9-18(24)16-34-36-29(37)28-26(17-7-3-2-4-8-17)22-13-19(31)14-23(33)27(22)35-28/h2-16,35H,1H3,(H,36,37). The predicted octanol–water partition coefficient (Wildman–Crippen LogP) is 7.90. The van der Waals surface area contributed by atoms with Crippen LogP contribution in [0.15, 0.2) is 94.5 Å². The molecule has 1 aromatic heterocycles. The van der Waals surface area contributed by atoms with Crippen LogP contribution in [0.25, 0.3) is 22.0 Å². The number of H-pyrrole nitrogens is 1. The van der Waals surface area contributed by atoms with Crippen molar-refractivity contribution in [2.24, 2.45) is 5.10 Å². The first kappa shape index (κ1) is 27.5. The number of nitrogens with zero attached hydrogens (tertiary/aromatic N) is 1. The monoisotopic (exact) mass is 635 g/mol. The minimum atomic E-state index is -0.655. The molecular weight excluding hydrogens is 617 g/mol. The molecule has 200 valence electrons. The normalized spacial score (nSPS) is 11.1. The third kappa shape index (κ3) is 5.74. The zero-order valence-corrected chi connectivity index (χ0v) is 24.0. The molecule has 1 amide bonds. The number of hydrogen-bond acceptors (Lipinski definition) is 5. The average Bonchev–Trinajstić information content (AvgIpc) is 3.34. The van der Waals surface area contributed by atoms with Gasteiger partial charge in [0.1, 0.15) is 22.8 Å². The minimum absolute atomic E-state index is 0.174. The fourth-order valence-corrected chi connectivity index (χ4v) is 5.21. The lowest BCUT2D eigenvalue weighted by molar-refractivity contribution is 0.0730. The molecule has 0 unspecified atom stereocenters. The number of hydrogen-bond donors (Lipinski definition) is 2. The van der Waals surface area contributed by atoms with E-state index in [1.165, 1.54) is 19.4 Å². The van der Waals surface area contributed by atoms with E-state index in [4.69, 9.17) is 32.7 Å². The average molecular weight is 637 g/mol. The van der Waals surface area contributed by atoms with Crippen LogP contribution in [-0.4, -0.2) is 30.2 Å². The molecule has 0 atom stereocenters. The van der Waals surface area contributed by atoms with Crippen molar-refractivity contribution in [3.05, 3.63) is 116 Å². The Hall–Kier alpha value is -4.11. The van der Waals surface area contributed by atoms with Crippen molar-refractivity contribution in [2.45, 2.75) is 0 Å². The van der Waals surface area contributed by atoms with Gasteiger partial charge in [-0.1, -0.05) is 81.6 Å². The molecule has 0 fully saturated rings. The zero-order chi connectivity index (χ0) is 28.2. The maximum Gasteiger partial charge on any atom is 0.347 e. The van der Waals surface area contributed by atoms with Crippen molar-refractivity contribution in [3.8, 4) is 22.6 Å². The van der Waals surface area contributed by atoms with E-state index in [1.807, 2.05) is 36.4 Å². The maximum atomic E-state index is 13.3. The van der Waals surface area contributed by atoms with Crippen LogP contribution in [-0.2, 0) is 0 Å².